The van der Waals surface area contributed by atoms with Gasteiger partial charge in [0.1, 0.15) is 5.76 Å². The van der Waals surface area contributed by atoms with Crippen molar-refractivity contribution in [2.24, 2.45) is 16.6 Å². The van der Waals surface area contributed by atoms with E-state index >= 15 is 0 Å². The molecule has 1 amide bonds. The number of guanidine groups is 1. The Bertz CT molecular complexity index is 562. The Balaban J connectivity index is 0.00000338. The van der Waals surface area contributed by atoms with Crippen LogP contribution >= 0.6 is 24.0 Å². The maximum atomic E-state index is 11.2. The summed E-state index contributed by atoms with van der Waals surface area (Å²) in [5.74, 6) is 1.90. The number of nitrogens with zero attached hydrogens (tertiary/aromatic N) is 3. The predicted octanol–water partition coefficient (Wildman–Crippen LogP) is 2.05. The molecule has 0 spiro atoms. The molecule has 3 N–H and O–H groups in total. The van der Waals surface area contributed by atoms with E-state index < -0.39 is 0 Å². The first-order valence-corrected chi connectivity index (χ1v) is 9.02. The van der Waals surface area contributed by atoms with Crippen molar-refractivity contribution in [3.63, 3.8) is 0 Å². The Morgan fingerprint density at radius 1 is 1.54 bits per heavy atom. The number of hydrogen-bond donors (Lipinski definition) is 2. The molecule has 2 heterocycles. The van der Waals surface area contributed by atoms with Crippen LogP contribution in [0, 0.1) is 5.92 Å². The molecule has 7 nitrogen and oxygen atoms in total. The fourth-order valence-corrected chi connectivity index (χ4v) is 3.30. The van der Waals surface area contributed by atoms with Gasteiger partial charge < -0.3 is 20.4 Å². The Morgan fingerprint density at radius 3 is 2.88 bits per heavy atom. The Labute approximate surface area is 173 Å². The van der Waals surface area contributed by atoms with E-state index in [4.69, 9.17) is 15.1 Å². The van der Waals surface area contributed by atoms with Crippen molar-refractivity contribution in [2.75, 3.05) is 40.3 Å². The number of aliphatic imine (C=N–C) groups is 1. The zero-order chi connectivity index (χ0) is 18.2. The maximum absolute atomic E-state index is 11.2. The van der Waals surface area contributed by atoms with Crippen LogP contribution in [0.25, 0.3) is 0 Å². The number of likely N-dealkylation sites (N-methyl/N-ethyl adjacent to an activating group) is 1. The number of primary amides is 1. The molecule has 148 valence electrons. The smallest absolute Gasteiger partial charge is 0.217 e. The van der Waals surface area contributed by atoms with Crippen LogP contribution in [0.2, 0.25) is 0 Å². The van der Waals surface area contributed by atoms with Crippen molar-refractivity contribution in [2.45, 2.75) is 32.2 Å². The first kappa shape index (κ1) is 22.8. The zero-order valence-electron chi connectivity index (χ0n) is 16.0. The van der Waals surface area contributed by atoms with Gasteiger partial charge in [0.15, 0.2) is 5.96 Å². The average molecular weight is 477 g/mol. The van der Waals surface area contributed by atoms with Gasteiger partial charge in [-0.15, -0.1) is 24.0 Å². The molecule has 0 bridgehead atoms. The first-order chi connectivity index (χ1) is 12.0. The minimum Gasteiger partial charge on any atom is -0.468 e. The van der Waals surface area contributed by atoms with Gasteiger partial charge in [-0.2, -0.15) is 0 Å². The van der Waals surface area contributed by atoms with Crippen LogP contribution in [0.4, 0.5) is 0 Å². The number of nitrogens with one attached hydrogen (secondary N) is 1. The topological polar surface area (TPSA) is 87.1 Å². The number of furan rings is 1. The first-order valence-electron chi connectivity index (χ1n) is 9.02. The molecule has 2 rings (SSSR count). The summed E-state index contributed by atoms with van der Waals surface area (Å²) in [5.41, 5.74) is 5.37. The fraction of sp³-hybridized carbons (Fsp3) is 0.667. The highest BCUT2D eigenvalue weighted by Crippen LogP contribution is 2.21. The van der Waals surface area contributed by atoms with Crippen LogP contribution in [-0.4, -0.2) is 61.9 Å². The molecule has 1 aromatic rings. The largest absolute Gasteiger partial charge is 0.468 e. The van der Waals surface area contributed by atoms with E-state index in [1.807, 2.05) is 26.2 Å². The van der Waals surface area contributed by atoms with Gasteiger partial charge in [-0.3, -0.25) is 14.7 Å². The highest BCUT2D eigenvalue weighted by molar-refractivity contribution is 14.0. The third kappa shape index (κ3) is 6.79. The molecular formula is C18H32IN5O2. The summed E-state index contributed by atoms with van der Waals surface area (Å²) in [6.45, 7) is 5.26. The summed E-state index contributed by atoms with van der Waals surface area (Å²) in [6, 6.07) is 3.98. The summed E-state index contributed by atoms with van der Waals surface area (Å²) in [7, 11) is 4.05. The van der Waals surface area contributed by atoms with E-state index in [0.717, 1.165) is 44.2 Å². The van der Waals surface area contributed by atoms with Crippen LogP contribution in [0.1, 0.15) is 38.0 Å². The summed E-state index contributed by atoms with van der Waals surface area (Å²) in [4.78, 5) is 20.4. The number of likely N-dealkylation sites (tertiary alicyclic amines) is 1. The molecular weight excluding hydrogens is 445 g/mol. The van der Waals surface area contributed by atoms with E-state index in [9.17, 15) is 4.79 Å². The van der Waals surface area contributed by atoms with Crippen LogP contribution in [-0.2, 0) is 4.79 Å². The third-order valence-electron chi connectivity index (χ3n) is 4.55. The molecule has 2 unspecified atom stereocenters. The highest BCUT2D eigenvalue weighted by atomic mass is 127. The van der Waals surface area contributed by atoms with E-state index in [1.165, 1.54) is 0 Å². The van der Waals surface area contributed by atoms with Crippen molar-refractivity contribution in [1.82, 2.24) is 15.1 Å². The van der Waals surface area contributed by atoms with Crippen molar-refractivity contribution in [3.8, 4) is 0 Å². The van der Waals surface area contributed by atoms with Crippen molar-refractivity contribution < 1.29 is 9.21 Å². The number of hydrogen-bond acceptors (Lipinski definition) is 4. The summed E-state index contributed by atoms with van der Waals surface area (Å²) >= 11 is 0. The number of amides is 1. The maximum Gasteiger partial charge on any atom is 0.217 e. The normalized spacial score (nSPS) is 19.2. The van der Waals surface area contributed by atoms with Gasteiger partial charge in [0.25, 0.3) is 0 Å². The van der Waals surface area contributed by atoms with Gasteiger partial charge in [-0.25, -0.2) is 0 Å². The number of carbonyl (C=O) groups is 1. The minimum absolute atomic E-state index is 0. The highest BCUT2D eigenvalue weighted by Gasteiger charge is 2.24. The molecule has 0 saturated carbocycles. The lowest BCUT2D eigenvalue weighted by atomic mass is 9.95. The SMILES string of the molecule is CCNC(=NCC(c1ccco1)N(C)C)N1CCCC(CC(N)=O)C1.I. The monoisotopic (exact) mass is 477 g/mol. The Hall–Kier alpha value is -1.29. The van der Waals surface area contributed by atoms with Crippen LogP contribution < -0.4 is 11.1 Å². The molecule has 0 aliphatic carbocycles. The quantitative estimate of drug-likeness (QED) is 0.357. The van der Waals surface area contributed by atoms with Gasteiger partial charge in [0.2, 0.25) is 5.91 Å². The molecule has 1 aliphatic rings. The zero-order valence-corrected chi connectivity index (χ0v) is 18.3. The van der Waals surface area contributed by atoms with E-state index in [1.54, 1.807) is 6.26 Å². The van der Waals surface area contributed by atoms with Gasteiger partial charge in [-0.05, 0) is 51.9 Å². The van der Waals surface area contributed by atoms with Crippen molar-refractivity contribution in [1.29, 1.82) is 0 Å². The van der Waals surface area contributed by atoms with Gasteiger partial charge in [0.05, 0.1) is 18.8 Å². The molecule has 1 aromatic heterocycles. The average Bonchev–Trinajstić information content (AvgIpc) is 3.07. The molecule has 1 saturated heterocycles. The second kappa shape index (κ2) is 11.4. The Morgan fingerprint density at radius 2 is 2.31 bits per heavy atom. The van der Waals surface area contributed by atoms with Crippen LogP contribution in [0.3, 0.4) is 0 Å². The van der Waals surface area contributed by atoms with Crippen LogP contribution in [0.15, 0.2) is 27.8 Å². The van der Waals surface area contributed by atoms with Gasteiger partial charge in [-0.1, -0.05) is 0 Å². The molecule has 8 heteroatoms. The number of carbonyl (C=O) groups excluding carboxylic acids is 1. The summed E-state index contributed by atoms with van der Waals surface area (Å²) in [6.07, 6.45) is 4.24. The number of halogens is 1. The van der Waals surface area contributed by atoms with E-state index in [2.05, 4.69) is 22.0 Å². The third-order valence-corrected chi connectivity index (χ3v) is 4.55. The number of rotatable bonds is 7. The van der Waals surface area contributed by atoms with E-state index in [-0.39, 0.29) is 35.9 Å². The van der Waals surface area contributed by atoms with Gasteiger partial charge >= 0.3 is 0 Å². The standard InChI is InChI=1S/C18H31N5O2.HI/c1-4-20-18(23-9-5-7-14(13-23)11-17(19)24)21-12-15(22(2)3)16-8-6-10-25-16;/h6,8,10,14-15H,4-5,7,9,11-13H2,1-3H3,(H2,19,24)(H,20,21);1H. The molecule has 2 atom stereocenters. The van der Waals surface area contributed by atoms with Gasteiger partial charge in [0, 0.05) is 26.1 Å². The lowest BCUT2D eigenvalue weighted by Crippen LogP contribution is -2.47. The number of piperidine rings is 1. The minimum atomic E-state index is -0.223. The second-order valence-corrected chi connectivity index (χ2v) is 6.81. The lowest BCUT2D eigenvalue weighted by Gasteiger charge is -2.35. The molecule has 0 radical (unpaired) electrons. The predicted molar refractivity (Wildman–Crippen MR) is 115 cm³/mol. The molecule has 0 aromatic carbocycles. The van der Waals surface area contributed by atoms with Crippen LogP contribution in [0.5, 0.6) is 0 Å². The van der Waals surface area contributed by atoms with E-state index in [0.29, 0.717) is 18.9 Å². The van der Waals surface area contributed by atoms with Crippen molar-refractivity contribution >= 4 is 35.8 Å². The summed E-state index contributed by atoms with van der Waals surface area (Å²) < 4.78 is 5.56. The molecule has 1 aliphatic heterocycles. The number of nitrogens with two attached hydrogens (primary N) is 1. The summed E-state index contributed by atoms with van der Waals surface area (Å²) in [5, 5.41) is 3.38. The Kier molecular flexibility index (Phi) is 10.0. The van der Waals surface area contributed by atoms with Crippen molar-refractivity contribution in [3.05, 3.63) is 24.2 Å². The molecule has 26 heavy (non-hydrogen) atoms. The molecule has 1 fully saturated rings. The fourth-order valence-electron chi connectivity index (χ4n) is 3.30. The lowest BCUT2D eigenvalue weighted by molar-refractivity contribution is -0.119. The second-order valence-electron chi connectivity index (χ2n) is 6.81.